The maximum Gasteiger partial charge on any atom is 0.183 e. The van der Waals surface area contributed by atoms with Gasteiger partial charge in [0.25, 0.3) is 0 Å². The van der Waals surface area contributed by atoms with Crippen molar-refractivity contribution in [2.45, 2.75) is 24.7 Å². The molecule has 1 aromatic carbocycles. The van der Waals surface area contributed by atoms with Gasteiger partial charge in [-0.1, -0.05) is 25.6 Å². The smallest absolute Gasteiger partial charge is 0.183 e. The second-order valence-corrected chi connectivity index (χ2v) is 6.45. The van der Waals surface area contributed by atoms with Crippen molar-refractivity contribution in [2.75, 3.05) is 0 Å². The van der Waals surface area contributed by atoms with E-state index in [-0.39, 0.29) is 30.4 Å². The summed E-state index contributed by atoms with van der Waals surface area (Å²) in [6.45, 7) is 0.150. The molecule has 1 aliphatic heterocycles. The fraction of sp³-hybridized carbons (Fsp3) is 0.200. The number of benzene rings is 1. The molecule has 0 amide bonds. The Morgan fingerprint density at radius 3 is 2.71 bits per heavy atom. The van der Waals surface area contributed by atoms with Gasteiger partial charge >= 0.3 is 0 Å². The van der Waals surface area contributed by atoms with E-state index in [0.29, 0.717) is 23.2 Å². The summed E-state index contributed by atoms with van der Waals surface area (Å²) in [6, 6.07) is 8.26. The third-order valence-corrected chi connectivity index (χ3v) is 4.89. The second-order valence-electron chi connectivity index (χ2n) is 4.49. The molecule has 2 aromatic rings. The molecule has 0 saturated heterocycles. The number of pyridine rings is 1. The molecule has 0 atom stereocenters. The summed E-state index contributed by atoms with van der Waals surface area (Å²) in [5, 5.41) is 0. The molecule has 2 heterocycles. The fourth-order valence-corrected chi connectivity index (χ4v) is 3.78. The van der Waals surface area contributed by atoms with E-state index in [9.17, 15) is 13.2 Å². The maximum atomic E-state index is 12.5. The standard InChI is InChI=1S/C14H11NO4S.CH4/c16-7-13-11-5-12(6-15-13)19-8-10-3-1-2-4-14(10)20(17,18)9-11;/h1-7H,8-9H2;1H4. The van der Waals surface area contributed by atoms with Gasteiger partial charge in [0.2, 0.25) is 0 Å². The van der Waals surface area contributed by atoms with Gasteiger partial charge in [0.15, 0.2) is 16.1 Å². The second kappa shape index (κ2) is 5.65. The summed E-state index contributed by atoms with van der Waals surface area (Å²) in [5.41, 5.74) is 1.08. The van der Waals surface area contributed by atoms with Crippen LogP contribution in [-0.4, -0.2) is 19.7 Å². The zero-order valence-corrected chi connectivity index (χ0v) is 11.3. The van der Waals surface area contributed by atoms with Crippen LogP contribution in [0.5, 0.6) is 5.75 Å². The number of hydrogen-bond donors (Lipinski definition) is 0. The third-order valence-electron chi connectivity index (χ3n) is 3.14. The van der Waals surface area contributed by atoms with Crippen LogP contribution >= 0.6 is 0 Å². The van der Waals surface area contributed by atoms with Gasteiger partial charge in [0, 0.05) is 11.1 Å². The highest BCUT2D eigenvalue weighted by Crippen LogP contribution is 2.26. The molecule has 1 aliphatic rings. The minimum absolute atomic E-state index is 0. The first kappa shape index (κ1) is 15.2. The molecule has 0 unspecified atom stereocenters. The van der Waals surface area contributed by atoms with Crippen LogP contribution < -0.4 is 4.74 Å². The lowest BCUT2D eigenvalue weighted by molar-refractivity contribution is 0.111. The zero-order valence-electron chi connectivity index (χ0n) is 10.4. The number of nitrogens with zero attached hydrogens (tertiary/aromatic N) is 1. The van der Waals surface area contributed by atoms with E-state index in [1.165, 1.54) is 6.20 Å². The molecule has 110 valence electrons. The number of fused-ring (bicyclic) bond motifs is 3. The van der Waals surface area contributed by atoms with Crippen LogP contribution in [0.2, 0.25) is 0 Å². The van der Waals surface area contributed by atoms with E-state index >= 15 is 0 Å². The number of ether oxygens (including phenoxy) is 1. The lowest BCUT2D eigenvalue weighted by Gasteiger charge is -2.08. The minimum Gasteiger partial charge on any atom is -0.487 e. The van der Waals surface area contributed by atoms with E-state index in [0.717, 1.165) is 0 Å². The molecular weight excluding hydrogens is 290 g/mol. The van der Waals surface area contributed by atoms with Crippen molar-refractivity contribution in [1.29, 1.82) is 0 Å². The average Bonchev–Trinajstić information content (AvgIpc) is 2.48. The van der Waals surface area contributed by atoms with Crippen molar-refractivity contribution >= 4 is 16.1 Å². The summed E-state index contributed by atoms with van der Waals surface area (Å²) < 4.78 is 30.5. The highest BCUT2D eigenvalue weighted by atomic mass is 32.2. The number of carbonyl (C=O) groups is 1. The summed E-state index contributed by atoms with van der Waals surface area (Å²) in [4.78, 5) is 15.1. The quantitative estimate of drug-likeness (QED) is 0.756. The molecule has 2 bridgehead atoms. The first-order chi connectivity index (χ1) is 9.60. The highest BCUT2D eigenvalue weighted by Gasteiger charge is 2.23. The van der Waals surface area contributed by atoms with Crippen molar-refractivity contribution in [3.63, 3.8) is 0 Å². The van der Waals surface area contributed by atoms with Gasteiger partial charge in [-0.3, -0.25) is 4.79 Å². The predicted molar refractivity (Wildman–Crippen MR) is 78.0 cm³/mol. The third kappa shape index (κ3) is 2.80. The average molecular weight is 305 g/mol. The van der Waals surface area contributed by atoms with Crippen LogP contribution in [0.25, 0.3) is 0 Å². The molecule has 0 spiro atoms. The summed E-state index contributed by atoms with van der Waals surface area (Å²) in [5.74, 6) is 0.194. The van der Waals surface area contributed by atoms with E-state index < -0.39 is 9.84 Å². The normalized spacial score (nSPS) is 15.2. The number of aldehydes is 1. The largest absolute Gasteiger partial charge is 0.487 e. The Hall–Kier alpha value is -2.21. The Kier molecular flexibility index (Phi) is 4.09. The highest BCUT2D eigenvalue weighted by molar-refractivity contribution is 7.90. The summed E-state index contributed by atoms with van der Waals surface area (Å²) >= 11 is 0. The minimum atomic E-state index is -3.53. The Balaban J connectivity index is 0.00000161. The van der Waals surface area contributed by atoms with Gasteiger partial charge in [-0.05, 0) is 12.1 Å². The Morgan fingerprint density at radius 2 is 1.95 bits per heavy atom. The predicted octanol–water partition coefficient (Wildman–Crippen LogP) is 2.40. The van der Waals surface area contributed by atoms with Crippen LogP contribution in [0.15, 0.2) is 41.4 Å². The lowest BCUT2D eigenvalue weighted by Crippen LogP contribution is -2.09. The van der Waals surface area contributed by atoms with Crippen molar-refractivity contribution in [1.82, 2.24) is 4.98 Å². The lowest BCUT2D eigenvalue weighted by atomic mass is 10.2. The SMILES string of the molecule is C.O=Cc1ncc2cc1CS(=O)(=O)c1ccccc1CO2. The number of sulfone groups is 1. The van der Waals surface area contributed by atoms with Crippen molar-refractivity contribution in [3.8, 4) is 5.75 Å². The Bertz CT molecular complexity index is 784. The molecule has 0 radical (unpaired) electrons. The monoisotopic (exact) mass is 305 g/mol. The molecule has 0 aliphatic carbocycles. The molecule has 6 heteroatoms. The van der Waals surface area contributed by atoms with Crippen LogP contribution in [0.4, 0.5) is 0 Å². The van der Waals surface area contributed by atoms with Crippen molar-refractivity contribution in [3.05, 3.63) is 53.3 Å². The number of hydrogen-bond acceptors (Lipinski definition) is 5. The maximum absolute atomic E-state index is 12.5. The molecule has 0 N–H and O–H groups in total. The first-order valence-corrected chi connectivity index (χ1v) is 7.63. The van der Waals surface area contributed by atoms with E-state index in [1.807, 2.05) is 0 Å². The number of rotatable bonds is 1. The topological polar surface area (TPSA) is 73.3 Å². The molecule has 1 aromatic heterocycles. The number of carbonyl (C=O) groups excluding carboxylic acids is 1. The molecule has 0 fully saturated rings. The van der Waals surface area contributed by atoms with Crippen LogP contribution in [0, 0.1) is 0 Å². The molecule has 3 rings (SSSR count). The van der Waals surface area contributed by atoms with Crippen LogP contribution in [-0.2, 0) is 22.2 Å². The van der Waals surface area contributed by atoms with Crippen molar-refractivity contribution in [2.24, 2.45) is 0 Å². The van der Waals surface area contributed by atoms with Crippen molar-refractivity contribution < 1.29 is 17.9 Å². The van der Waals surface area contributed by atoms with E-state index in [2.05, 4.69) is 4.98 Å². The first-order valence-electron chi connectivity index (χ1n) is 5.98. The van der Waals surface area contributed by atoms with Gasteiger partial charge in [-0.15, -0.1) is 0 Å². The van der Waals surface area contributed by atoms with Crippen LogP contribution in [0.3, 0.4) is 0 Å². The number of aromatic nitrogens is 1. The van der Waals surface area contributed by atoms with E-state index in [1.54, 1.807) is 30.3 Å². The summed E-state index contributed by atoms with van der Waals surface area (Å²) in [6.07, 6.45) is 1.98. The van der Waals surface area contributed by atoms with Gasteiger partial charge < -0.3 is 4.74 Å². The van der Waals surface area contributed by atoms with Gasteiger partial charge in [-0.25, -0.2) is 13.4 Å². The summed E-state index contributed by atoms with van der Waals surface area (Å²) in [7, 11) is -3.53. The molecular formula is C15H15NO4S. The zero-order chi connectivity index (χ0) is 14.2. The van der Waals surface area contributed by atoms with Gasteiger partial charge in [0.05, 0.1) is 16.8 Å². The Morgan fingerprint density at radius 1 is 1.19 bits per heavy atom. The molecule has 5 nitrogen and oxygen atoms in total. The van der Waals surface area contributed by atoms with Gasteiger partial charge in [0.1, 0.15) is 18.1 Å². The van der Waals surface area contributed by atoms with Crippen LogP contribution in [0.1, 0.15) is 29.0 Å². The molecule has 0 saturated carbocycles. The Labute approximate surface area is 123 Å². The van der Waals surface area contributed by atoms with Gasteiger partial charge in [-0.2, -0.15) is 0 Å². The van der Waals surface area contributed by atoms with E-state index in [4.69, 9.17) is 4.74 Å². The molecule has 21 heavy (non-hydrogen) atoms. The fourth-order valence-electron chi connectivity index (χ4n) is 2.17.